The number of fused-ring (bicyclic) bond motifs is 1. The van der Waals surface area contributed by atoms with Crippen molar-refractivity contribution in [3.05, 3.63) is 34.5 Å². The first kappa shape index (κ1) is 9.57. The Morgan fingerprint density at radius 1 is 1.50 bits per heavy atom. The Bertz CT molecular complexity index is 514. The fourth-order valence-corrected chi connectivity index (χ4v) is 1.82. The predicted molar refractivity (Wildman–Crippen MR) is 58.1 cm³/mol. The van der Waals surface area contributed by atoms with Gasteiger partial charge in [-0.1, -0.05) is 15.9 Å². The molecule has 4 heteroatoms. The molecule has 1 aromatic carbocycles. The highest BCUT2D eigenvalue weighted by atomic mass is 79.9. The third kappa shape index (κ3) is 1.52. The van der Waals surface area contributed by atoms with Crippen molar-refractivity contribution in [2.75, 3.05) is 0 Å². The van der Waals surface area contributed by atoms with Crippen molar-refractivity contribution in [1.82, 2.24) is 0 Å². The van der Waals surface area contributed by atoms with Gasteiger partial charge in [-0.25, -0.2) is 0 Å². The Balaban J connectivity index is 2.68. The van der Waals surface area contributed by atoms with Crippen LogP contribution in [0.2, 0.25) is 0 Å². The smallest absolute Gasteiger partial charge is 0.149 e. The molecule has 1 unspecified atom stereocenters. The van der Waals surface area contributed by atoms with Gasteiger partial charge in [0.05, 0.1) is 12.3 Å². The van der Waals surface area contributed by atoms with Crippen molar-refractivity contribution >= 4 is 38.5 Å². The minimum absolute atomic E-state index is 0.662. The average molecular weight is 271 g/mol. The van der Waals surface area contributed by atoms with Gasteiger partial charge in [0.15, 0.2) is 0 Å². The van der Waals surface area contributed by atoms with E-state index in [2.05, 4.69) is 15.9 Å². The number of nitrogens with zero attached hydrogens (tertiary/aromatic N) is 1. The molecule has 0 aliphatic heterocycles. The van der Waals surface area contributed by atoms with Gasteiger partial charge in [0, 0.05) is 15.4 Å². The molecule has 14 heavy (non-hydrogen) atoms. The minimum atomic E-state index is -0.662. The molecule has 2 rings (SSSR count). The topological polar surface area (TPSA) is 36.9 Å². The van der Waals surface area contributed by atoms with E-state index < -0.39 is 5.38 Å². The molecule has 1 aromatic heterocycles. The molecule has 0 fully saturated rings. The van der Waals surface area contributed by atoms with Crippen LogP contribution in [-0.4, -0.2) is 0 Å². The summed E-state index contributed by atoms with van der Waals surface area (Å²) in [6, 6.07) is 7.58. The molecule has 0 aliphatic rings. The molecule has 1 atom stereocenters. The summed E-state index contributed by atoms with van der Waals surface area (Å²) in [5.41, 5.74) is 1.45. The van der Waals surface area contributed by atoms with Crippen LogP contribution in [0.5, 0.6) is 0 Å². The van der Waals surface area contributed by atoms with Crippen LogP contribution in [0.25, 0.3) is 11.0 Å². The maximum atomic E-state index is 8.70. The van der Waals surface area contributed by atoms with Crippen molar-refractivity contribution in [2.45, 2.75) is 5.38 Å². The van der Waals surface area contributed by atoms with Crippen molar-refractivity contribution in [3.63, 3.8) is 0 Å². The van der Waals surface area contributed by atoms with Crippen LogP contribution in [0.15, 0.2) is 33.4 Å². The zero-order valence-electron chi connectivity index (χ0n) is 7.00. The molecule has 0 amide bonds. The first-order valence-corrected chi connectivity index (χ1v) is 5.15. The van der Waals surface area contributed by atoms with Crippen LogP contribution in [0, 0.1) is 11.3 Å². The summed E-state index contributed by atoms with van der Waals surface area (Å²) in [6.07, 6.45) is 1.53. The van der Waals surface area contributed by atoms with Gasteiger partial charge >= 0.3 is 0 Å². The summed E-state index contributed by atoms with van der Waals surface area (Å²) < 4.78 is 6.21. The number of nitriles is 1. The van der Waals surface area contributed by atoms with E-state index in [1.54, 1.807) is 0 Å². The molecule has 0 N–H and O–H groups in total. The predicted octanol–water partition coefficient (Wildman–Crippen LogP) is 4.00. The van der Waals surface area contributed by atoms with E-state index in [1.165, 1.54) is 6.26 Å². The molecule has 70 valence electrons. The quantitative estimate of drug-likeness (QED) is 0.734. The minimum Gasteiger partial charge on any atom is -0.464 e. The number of hydrogen-bond donors (Lipinski definition) is 0. The molecule has 1 heterocycles. The van der Waals surface area contributed by atoms with Crippen molar-refractivity contribution < 1.29 is 4.42 Å². The highest BCUT2D eigenvalue weighted by molar-refractivity contribution is 9.10. The standard InChI is InChI=1S/C10H5BrClNO/c11-6-1-2-10-7(3-6)8(5-14-10)9(12)4-13/h1-3,5,9H. The third-order valence-electron chi connectivity index (χ3n) is 1.95. The van der Waals surface area contributed by atoms with Crippen molar-refractivity contribution in [3.8, 4) is 6.07 Å². The van der Waals surface area contributed by atoms with Gasteiger partial charge in [-0.05, 0) is 18.2 Å². The van der Waals surface area contributed by atoms with E-state index in [1.807, 2.05) is 24.3 Å². The summed E-state index contributed by atoms with van der Waals surface area (Å²) in [5.74, 6) is 0. The number of benzene rings is 1. The van der Waals surface area contributed by atoms with Gasteiger partial charge in [0.1, 0.15) is 11.0 Å². The highest BCUT2D eigenvalue weighted by Crippen LogP contribution is 2.31. The second-order valence-electron chi connectivity index (χ2n) is 2.82. The van der Waals surface area contributed by atoms with Gasteiger partial charge in [0.2, 0.25) is 0 Å². The molecule has 0 radical (unpaired) electrons. The van der Waals surface area contributed by atoms with Gasteiger partial charge in [-0.15, -0.1) is 11.6 Å². The molecular formula is C10H5BrClNO. The molecule has 2 aromatic rings. The molecule has 2 nitrogen and oxygen atoms in total. The van der Waals surface area contributed by atoms with E-state index in [9.17, 15) is 0 Å². The number of alkyl halides is 1. The molecule has 0 bridgehead atoms. The summed E-state index contributed by atoms with van der Waals surface area (Å²) in [4.78, 5) is 0. The summed E-state index contributed by atoms with van der Waals surface area (Å²) in [6.45, 7) is 0. The van der Waals surface area contributed by atoms with E-state index in [-0.39, 0.29) is 0 Å². The number of rotatable bonds is 1. The summed E-state index contributed by atoms with van der Waals surface area (Å²) >= 11 is 9.18. The largest absolute Gasteiger partial charge is 0.464 e. The lowest BCUT2D eigenvalue weighted by molar-refractivity contribution is 0.611. The van der Waals surface area contributed by atoms with Gasteiger partial charge in [0.25, 0.3) is 0 Å². The normalized spacial score (nSPS) is 12.6. The second-order valence-corrected chi connectivity index (χ2v) is 4.18. The average Bonchev–Trinajstić information content (AvgIpc) is 2.59. The van der Waals surface area contributed by atoms with Crippen LogP contribution in [0.1, 0.15) is 10.9 Å². The molecule has 0 saturated heterocycles. The van der Waals surface area contributed by atoms with E-state index in [0.29, 0.717) is 5.56 Å². The van der Waals surface area contributed by atoms with Crippen LogP contribution < -0.4 is 0 Å². The fraction of sp³-hybridized carbons (Fsp3) is 0.100. The Kier molecular flexibility index (Phi) is 2.49. The SMILES string of the molecule is N#CC(Cl)c1coc2ccc(Br)cc12. The number of hydrogen-bond acceptors (Lipinski definition) is 2. The van der Waals surface area contributed by atoms with Crippen LogP contribution in [0.4, 0.5) is 0 Å². The first-order valence-electron chi connectivity index (χ1n) is 3.92. The van der Waals surface area contributed by atoms with Gasteiger partial charge < -0.3 is 4.42 Å². The molecular weight excluding hydrogens is 265 g/mol. The number of halogens is 2. The van der Waals surface area contributed by atoms with Crippen molar-refractivity contribution in [1.29, 1.82) is 5.26 Å². The molecule has 0 spiro atoms. The van der Waals surface area contributed by atoms with Crippen LogP contribution >= 0.6 is 27.5 Å². The molecule has 0 aliphatic carbocycles. The molecule has 0 saturated carbocycles. The zero-order chi connectivity index (χ0) is 10.1. The Morgan fingerprint density at radius 3 is 3.00 bits per heavy atom. The Hall–Kier alpha value is -0.980. The lowest BCUT2D eigenvalue weighted by atomic mass is 10.1. The maximum absolute atomic E-state index is 8.70. The van der Waals surface area contributed by atoms with Gasteiger partial charge in [-0.3, -0.25) is 0 Å². The Morgan fingerprint density at radius 2 is 2.29 bits per heavy atom. The number of furan rings is 1. The van der Waals surface area contributed by atoms with E-state index in [4.69, 9.17) is 21.3 Å². The van der Waals surface area contributed by atoms with Gasteiger partial charge in [-0.2, -0.15) is 5.26 Å². The zero-order valence-corrected chi connectivity index (χ0v) is 9.34. The first-order chi connectivity index (χ1) is 6.72. The highest BCUT2D eigenvalue weighted by Gasteiger charge is 2.13. The monoisotopic (exact) mass is 269 g/mol. The van der Waals surface area contributed by atoms with E-state index in [0.717, 1.165) is 15.4 Å². The second kappa shape index (κ2) is 3.64. The Labute approximate surface area is 94.2 Å². The summed E-state index contributed by atoms with van der Waals surface area (Å²) in [7, 11) is 0. The van der Waals surface area contributed by atoms with Crippen molar-refractivity contribution in [2.24, 2.45) is 0 Å². The third-order valence-corrected chi connectivity index (χ3v) is 2.78. The van der Waals surface area contributed by atoms with E-state index >= 15 is 0 Å². The summed E-state index contributed by atoms with van der Waals surface area (Å²) in [5, 5.41) is 8.91. The van der Waals surface area contributed by atoms with Crippen LogP contribution in [0.3, 0.4) is 0 Å². The maximum Gasteiger partial charge on any atom is 0.149 e. The lowest BCUT2D eigenvalue weighted by Gasteiger charge is -1.96. The van der Waals surface area contributed by atoms with Crippen LogP contribution in [-0.2, 0) is 0 Å². The lowest BCUT2D eigenvalue weighted by Crippen LogP contribution is -1.82. The fourth-order valence-electron chi connectivity index (χ4n) is 1.29.